The van der Waals surface area contributed by atoms with E-state index in [1.54, 1.807) is 0 Å². The maximum Gasteiger partial charge on any atom is 0.00930 e. The molecule has 0 radical (unpaired) electrons. The third kappa shape index (κ3) is 6.47. The molecule has 1 aliphatic rings. The third-order valence-corrected chi connectivity index (χ3v) is 5.07. The van der Waals surface area contributed by atoms with Crippen LogP contribution in [0.4, 0.5) is 0 Å². The summed E-state index contributed by atoms with van der Waals surface area (Å²) >= 11 is 1.97. The summed E-state index contributed by atoms with van der Waals surface area (Å²) in [7, 11) is 0. The normalized spacial score (nSPS) is 27.3. The lowest BCUT2D eigenvalue weighted by atomic mass is 9.70. The predicted octanol–water partition coefficient (Wildman–Crippen LogP) is 4.71. The van der Waals surface area contributed by atoms with Crippen molar-refractivity contribution in [3.8, 4) is 0 Å². The zero-order chi connectivity index (χ0) is 13.4. The SMILES string of the molecule is CSCCCCCCNC1CCC(C)(C)CC1C. The van der Waals surface area contributed by atoms with Crippen LogP contribution in [0, 0.1) is 11.3 Å². The van der Waals surface area contributed by atoms with Gasteiger partial charge in [-0.1, -0.05) is 33.6 Å². The molecule has 108 valence electrons. The van der Waals surface area contributed by atoms with Crippen molar-refractivity contribution >= 4 is 11.8 Å². The minimum Gasteiger partial charge on any atom is -0.314 e. The van der Waals surface area contributed by atoms with Gasteiger partial charge in [0, 0.05) is 6.04 Å². The van der Waals surface area contributed by atoms with E-state index in [2.05, 4.69) is 32.3 Å². The van der Waals surface area contributed by atoms with Crippen molar-refractivity contribution in [3.63, 3.8) is 0 Å². The molecular formula is C16H33NS. The molecular weight excluding hydrogens is 238 g/mol. The predicted molar refractivity (Wildman–Crippen MR) is 85.4 cm³/mol. The molecule has 18 heavy (non-hydrogen) atoms. The third-order valence-electron chi connectivity index (χ3n) is 4.38. The molecule has 1 rings (SSSR count). The molecule has 1 fully saturated rings. The molecule has 0 amide bonds. The molecule has 0 aromatic carbocycles. The van der Waals surface area contributed by atoms with Crippen LogP contribution in [0.25, 0.3) is 0 Å². The minimum atomic E-state index is 0.579. The standard InChI is InChI=1S/C16H33NS/c1-14-13-16(2,3)10-9-15(14)17-11-7-5-6-8-12-18-4/h14-15,17H,5-13H2,1-4H3. The van der Waals surface area contributed by atoms with Crippen molar-refractivity contribution in [2.24, 2.45) is 11.3 Å². The van der Waals surface area contributed by atoms with E-state index >= 15 is 0 Å². The van der Waals surface area contributed by atoms with E-state index < -0.39 is 0 Å². The first-order valence-corrected chi connectivity index (χ1v) is 9.17. The molecule has 2 heteroatoms. The molecule has 2 unspecified atom stereocenters. The summed E-state index contributed by atoms with van der Waals surface area (Å²) in [5.74, 6) is 2.19. The summed E-state index contributed by atoms with van der Waals surface area (Å²) in [4.78, 5) is 0. The molecule has 1 N–H and O–H groups in total. The zero-order valence-electron chi connectivity index (χ0n) is 12.9. The van der Waals surface area contributed by atoms with Gasteiger partial charge in [0.05, 0.1) is 0 Å². The Balaban J connectivity index is 2.02. The minimum absolute atomic E-state index is 0.579. The average Bonchev–Trinajstić information content (AvgIpc) is 2.29. The van der Waals surface area contributed by atoms with Crippen molar-refractivity contribution in [2.75, 3.05) is 18.6 Å². The smallest absolute Gasteiger partial charge is 0.00930 e. The molecule has 0 aromatic rings. The summed E-state index contributed by atoms with van der Waals surface area (Å²) in [5, 5.41) is 3.79. The zero-order valence-corrected chi connectivity index (χ0v) is 13.7. The number of hydrogen-bond acceptors (Lipinski definition) is 2. The van der Waals surface area contributed by atoms with Gasteiger partial charge in [0.25, 0.3) is 0 Å². The molecule has 2 atom stereocenters. The summed E-state index contributed by atoms with van der Waals surface area (Å²) < 4.78 is 0. The molecule has 1 saturated carbocycles. The number of unbranched alkanes of at least 4 members (excludes halogenated alkanes) is 3. The average molecular weight is 272 g/mol. The maximum atomic E-state index is 3.79. The fourth-order valence-corrected chi connectivity index (χ4v) is 3.76. The number of hydrogen-bond donors (Lipinski definition) is 1. The Morgan fingerprint density at radius 1 is 1.17 bits per heavy atom. The van der Waals surface area contributed by atoms with E-state index in [1.807, 2.05) is 11.8 Å². The van der Waals surface area contributed by atoms with Crippen LogP contribution in [-0.4, -0.2) is 24.6 Å². The van der Waals surface area contributed by atoms with Gasteiger partial charge in [-0.3, -0.25) is 0 Å². The second kappa shape index (κ2) is 8.47. The van der Waals surface area contributed by atoms with Crippen molar-refractivity contribution in [1.82, 2.24) is 5.32 Å². The van der Waals surface area contributed by atoms with Crippen LogP contribution in [0.5, 0.6) is 0 Å². The van der Waals surface area contributed by atoms with Crippen LogP contribution < -0.4 is 5.32 Å². The Bertz CT molecular complexity index is 215. The largest absolute Gasteiger partial charge is 0.314 e. The Morgan fingerprint density at radius 2 is 1.89 bits per heavy atom. The molecule has 0 heterocycles. The van der Waals surface area contributed by atoms with Crippen LogP contribution in [0.15, 0.2) is 0 Å². The molecule has 0 bridgehead atoms. The fourth-order valence-electron chi connectivity index (χ4n) is 3.26. The van der Waals surface area contributed by atoms with Gasteiger partial charge in [0.1, 0.15) is 0 Å². The summed E-state index contributed by atoms with van der Waals surface area (Å²) in [6, 6.07) is 0.782. The van der Waals surface area contributed by atoms with E-state index in [9.17, 15) is 0 Å². The van der Waals surface area contributed by atoms with Crippen LogP contribution >= 0.6 is 11.8 Å². The molecule has 1 nitrogen and oxygen atoms in total. The van der Waals surface area contributed by atoms with Gasteiger partial charge in [-0.15, -0.1) is 0 Å². The van der Waals surface area contributed by atoms with Crippen LogP contribution in [0.1, 0.15) is 65.7 Å². The van der Waals surface area contributed by atoms with Gasteiger partial charge in [-0.25, -0.2) is 0 Å². The van der Waals surface area contributed by atoms with Crippen molar-refractivity contribution in [3.05, 3.63) is 0 Å². The summed E-state index contributed by atoms with van der Waals surface area (Å²) in [6.07, 6.45) is 11.9. The van der Waals surface area contributed by atoms with Gasteiger partial charge in [0.15, 0.2) is 0 Å². The van der Waals surface area contributed by atoms with E-state index in [0.717, 1.165) is 12.0 Å². The topological polar surface area (TPSA) is 12.0 Å². The summed E-state index contributed by atoms with van der Waals surface area (Å²) in [5.41, 5.74) is 0.579. The van der Waals surface area contributed by atoms with Gasteiger partial charge < -0.3 is 5.32 Å². The molecule has 1 aliphatic carbocycles. The monoisotopic (exact) mass is 271 g/mol. The van der Waals surface area contributed by atoms with Crippen LogP contribution in [0.3, 0.4) is 0 Å². The highest BCUT2D eigenvalue weighted by atomic mass is 32.2. The summed E-state index contributed by atoms with van der Waals surface area (Å²) in [6.45, 7) is 8.50. The fraction of sp³-hybridized carbons (Fsp3) is 1.00. The lowest BCUT2D eigenvalue weighted by Crippen LogP contribution is -2.42. The van der Waals surface area contributed by atoms with Crippen molar-refractivity contribution in [2.45, 2.75) is 71.8 Å². The van der Waals surface area contributed by atoms with E-state index in [0.29, 0.717) is 5.41 Å². The second-order valence-corrected chi connectivity index (χ2v) is 7.84. The first-order chi connectivity index (χ1) is 8.55. The lowest BCUT2D eigenvalue weighted by molar-refractivity contribution is 0.149. The molecule has 0 aromatic heterocycles. The Morgan fingerprint density at radius 3 is 2.56 bits per heavy atom. The maximum absolute atomic E-state index is 3.79. The van der Waals surface area contributed by atoms with E-state index in [-0.39, 0.29) is 0 Å². The van der Waals surface area contributed by atoms with Gasteiger partial charge >= 0.3 is 0 Å². The first kappa shape index (κ1) is 16.4. The highest BCUT2D eigenvalue weighted by molar-refractivity contribution is 7.98. The number of rotatable bonds is 8. The highest BCUT2D eigenvalue weighted by Gasteiger charge is 2.31. The molecule has 0 saturated heterocycles. The van der Waals surface area contributed by atoms with Crippen molar-refractivity contribution < 1.29 is 0 Å². The molecule has 0 spiro atoms. The molecule has 0 aliphatic heterocycles. The second-order valence-electron chi connectivity index (χ2n) is 6.85. The van der Waals surface area contributed by atoms with Gasteiger partial charge in [0.2, 0.25) is 0 Å². The Labute approximate surface area is 119 Å². The van der Waals surface area contributed by atoms with Crippen molar-refractivity contribution in [1.29, 1.82) is 0 Å². The Kier molecular flexibility index (Phi) is 7.70. The van der Waals surface area contributed by atoms with Crippen LogP contribution in [-0.2, 0) is 0 Å². The highest BCUT2D eigenvalue weighted by Crippen LogP contribution is 2.38. The lowest BCUT2D eigenvalue weighted by Gasteiger charge is -2.39. The Hall–Kier alpha value is 0.310. The van der Waals surface area contributed by atoms with E-state index in [1.165, 1.54) is 57.2 Å². The van der Waals surface area contributed by atoms with Gasteiger partial charge in [-0.05, 0) is 62.0 Å². The quantitative estimate of drug-likeness (QED) is 0.641. The number of nitrogens with one attached hydrogen (secondary N) is 1. The van der Waals surface area contributed by atoms with Crippen LogP contribution in [0.2, 0.25) is 0 Å². The first-order valence-electron chi connectivity index (χ1n) is 7.77. The van der Waals surface area contributed by atoms with E-state index in [4.69, 9.17) is 0 Å². The van der Waals surface area contributed by atoms with Gasteiger partial charge in [-0.2, -0.15) is 11.8 Å². The number of thioether (sulfide) groups is 1.